The topological polar surface area (TPSA) is 40.5 Å². The van der Waals surface area contributed by atoms with Crippen LogP contribution in [0.25, 0.3) is 0 Å². The van der Waals surface area contributed by atoms with Crippen LogP contribution >= 0.6 is 0 Å². The summed E-state index contributed by atoms with van der Waals surface area (Å²) in [5.74, 6) is -0.0592. The highest BCUT2D eigenvalue weighted by Gasteiger charge is 2.25. The van der Waals surface area contributed by atoms with Gasteiger partial charge in [0.25, 0.3) is 0 Å². The van der Waals surface area contributed by atoms with Crippen molar-refractivity contribution in [2.24, 2.45) is 5.92 Å². The van der Waals surface area contributed by atoms with Crippen molar-refractivity contribution in [2.75, 3.05) is 19.8 Å². The van der Waals surface area contributed by atoms with Crippen molar-refractivity contribution in [3.05, 3.63) is 0 Å². The minimum Gasteiger partial charge on any atom is -0.465 e. The second-order valence-electron chi connectivity index (χ2n) is 2.54. The van der Waals surface area contributed by atoms with E-state index in [0.29, 0.717) is 19.5 Å². The first kappa shape index (κ1) is 7.31. The van der Waals surface area contributed by atoms with Gasteiger partial charge in [-0.05, 0) is 6.42 Å². The van der Waals surface area contributed by atoms with Gasteiger partial charge in [0.05, 0.1) is 6.67 Å². The van der Waals surface area contributed by atoms with Gasteiger partial charge in [-0.1, -0.05) is 0 Å². The molecule has 1 heterocycles. The lowest BCUT2D eigenvalue weighted by molar-refractivity contribution is 0.153. The number of hydrogen-bond donors (Lipinski definition) is 1. The van der Waals surface area contributed by atoms with Crippen LogP contribution in [0.1, 0.15) is 6.42 Å². The van der Waals surface area contributed by atoms with Crippen molar-refractivity contribution in [2.45, 2.75) is 6.42 Å². The summed E-state index contributed by atoms with van der Waals surface area (Å²) in [6, 6.07) is 0. The molecule has 1 aliphatic heterocycles. The van der Waals surface area contributed by atoms with Crippen LogP contribution in [0.15, 0.2) is 0 Å². The zero-order chi connectivity index (χ0) is 7.56. The third-order valence-corrected chi connectivity index (χ3v) is 1.77. The molecular formula is C6H10FNO2. The molecule has 1 atom stereocenters. The number of rotatable bonds is 1. The molecule has 0 radical (unpaired) electrons. The molecule has 58 valence electrons. The number of amides is 1. The summed E-state index contributed by atoms with van der Waals surface area (Å²) in [6.45, 7) is 0.458. The van der Waals surface area contributed by atoms with E-state index < -0.39 is 12.8 Å². The van der Waals surface area contributed by atoms with Crippen LogP contribution in [-0.2, 0) is 0 Å². The molecule has 1 amide bonds. The Labute approximate surface area is 58.4 Å². The molecule has 1 saturated heterocycles. The lowest BCUT2D eigenvalue weighted by Crippen LogP contribution is -2.26. The van der Waals surface area contributed by atoms with E-state index >= 15 is 0 Å². The fraction of sp³-hybridized carbons (Fsp3) is 0.833. The molecule has 1 N–H and O–H groups in total. The Bertz CT molecular complexity index is 140. The average Bonchev–Trinajstić information content (AvgIpc) is 2.34. The van der Waals surface area contributed by atoms with Crippen LogP contribution in [0.4, 0.5) is 9.18 Å². The fourth-order valence-electron chi connectivity index (χ4n) is 1.13. The van der Waals surface area contributed by atoms with Crippen LogP contribution in [-0.4, -0.2) is 35.9 Å². The van der Waals surface area contributed by atoms with Crippen molar-refractivity contribution in [1.82, 2.24) is 4.90 Å². The third kappa shape index (κ3) is 1.37. The molecule has 0 aliphatic carbocycles. The number of likely N-dealkylation sites (tertiary alicyclic amines) is 1. The monoisotopic (exact) mass is 147 g/mol. The third-order valence-electron chi connectivity index (χ3n) is 1.77. The van der Waals surface area contributed by atoms with Crippen molar-refractivity contribution in [1.29, 1.82) is 0 Å². The van der Waals surface area contributed by atoms with Crippen molar-refractivity contribution in [3.63, 3.8) is 0 Å². The van der Waals surface area contributed by atoms with Gasteiger partial charge in [0.1, 0.15) is 0 Å². The van der Waals surface area contributed by atoms with E-state index in [9.17, 15) is 9.18 Å². The molecule has 10 heavy (non-hydrogen) atoms. The van der Waals surface area contributed by atoms with Gasteiger partial charge in [0.2, 0.25) is 0 Å². The molecule has 1 unspecified atom stereocenters. The number of hydrogen-bond acceptors (Lipinski definition) is 1. The summed E-state index contributed by atoms with van der Waals surface area (Å²) in [5.41, 5.74) is 0. The highest BCUT2D eigenvalue weighted by Crippen LogP contribution is 2.15. The predicted molar refractivity (Wildman–Crippen MR) is 33.7 cm³/mol. The zero-order valence-corrected chi connectivity index (χ0v) is 5.59. The summed E-state index contributed by atoms with van der Waals surface area (Å²) in [7, 11) is 0. The Balaban J connectivity index is 2.35. The van der Waals surface area contributed by atoms with E-state index in [2.05, 4.69) is 0 Å². The minimum absolute atomic E-state index is 0.0592. The number of halogens is 1. The summed E-state index contributed by atoms with van der Waals surface area (Å²) >= 11 is 0. The molecule has 0 aromatic carbocycles. The molecule has 0 aromatic rings. The molecule has 1 aliphatic rings. The zero-order valence-electron chi connectivity index (χ0n) is 5.59. The van der Waals surface area contributed by atoms with Crippen LogP contribution in [0, 0.1) is 5.92 Å². The molecule has 4 heteroatoms. The summed E-state index contributed by atoms with van der Waals surface area (Å²) < 4.78 is 11.9. The van der Waals surface area contributed by atoms with Gasteiger partial charge >= 0.3 is 6.09 Å². The van der Waals surface area contributed by atoms with E-state index in [1.807, 2.05) is 0 Å². The average molecular weight is 147 g/mol. The molecular weight excluding hydrogens is 137 g/mol. The van der Waals surface area contributed by atoms with Crippen LogP contribution in [0.5, 0.6) is 0 Å². The van der Waals surface area contributed by atoms with Gasteiger partial charge in [-0.15, -0.1) is 0 Å². The SMILES string of the molecule is O=C(O)N1CCC(CF)C1. The van der Waals surface area contributed by atoms with Crippen LogP contribution in [0.3, 0.4) is 0 Å². The number of carbonyl (C=O) groups is 1. The highest BCUT2D eigenvalue weighted by molar-refractivity contribution is 5.65. The Hall–Kier alpha value is -0.800. The molecule has 3 nitrogen and oxygen atoms in total. The van der Waals surface area contributed by atoms with Crippen molar-refractivity contribution in [3.8, 4) is 0 Å². The smallest absolute Gasteiger partial charge is 0.407 e. The van der Waals surface area contributed by atoms with Crippen LogP contribution in [0.2, 0.25) is 0 Å². The maximum absolute atomic E-state index is 11.9. The maximum Gasteiger partial charge on any atom is 0.407 e. The van der Waals surface area contributed by atoms with Gasteiger partial charge in [0.15, 0.2) is 0 Å². The standard InChI is InChI=1S/C6H10FNO2/c7-3-5-1-2-8(4-5)6(9)10/h5H,1-4H2,(H,9,10). The minimum atomic E-state index is -0.934. The fourth-order valence-corrected chi connectivity index (χ4v) is 1.13. The Kier molecular flexibility index (Phi) is 2.09. The quantitative estimate of drug-likeness (QED) is 0.600. The predicted octanol–water partition coefficient (Wildman–Crippen LogP) is 0.956. The molecule has 0 saturated carbocycles. The normalized spacial score (nSPS) is 25.3. The Morgan fingerprint density at radius 3 is 2.80 bits per heavy atom. The number of nitrogens with zero attached hydrogens (tertiary/aromatic N) is 1. The molecule has 0 spiro atoms. The lowest BCUT2D eigenvalue weighted by Gasteiger charge is -2.09. The Morgan fingerprint density at radius 2 is 2.50 bits per heavy atom. The van der Waals surface area contributed by atoms with E-state index in [0.717, 1.165) is 0 Å². The maximum atomic E-state index is 11.9. The summed E-state index contributed by atoms with van der Waals surface area (Å²) in [6.07, 6.45) is -0.265. The lowest BCUT2D eigenvalue weighted by atomic mass is 10.1. The molecule has 0 aromatic heterocycles. The van der Waals surface area contributed by atoms with Crippen molar-refractivity contribution >= 4 is 6.09 Å². The van der Waals surface area contributed by atoms with Gasteiger partial charge < -0.3 is 10.0 Å². The van der Waals surface area contributed by atoms with Gasteiger partial charge in [0, 0.05) is 19.0 Å². The molecule has 0 bridgehead atoms. The first-order valence-electron chi connectivity index (χ1n) is 3.28. The summed E-state index contributed by atoms with van der Waals surface area (Å²) in [5, 5.41) is 8.43. The molecule has 1 rings (SSSR count). The summed E-state index contributed by atoms with van der Waals surface area (Å²) in [4.78, 5) is 11.5. The first-order chi connectivity index (χ1) is 4.74. The van der Waals surface area contributed by atoms with Crippen LogP contribution < -0.4 is 0 Å². The van der Waals surface area contributed by atoms with Gasteiger partial charge in [-0.3, -0.25) is 4.39 Å². The van der Waals surface area contributed by atoms with E-state index in [4.69, 9.17) is 5.11 Å². The Morgan fingerprint density at radius 1 is 1.80 bits per heavy atom. The second kappa shape index (κ2) is 2.86. The number of alkyl halides is 1. The molecule has 1 fully saturated rings. The van der Waals surface area contributed by atoms with E-state index in [1.54, 1.807) is 0 Å². The van der Waals surface area contributed by atoms with Gasteiger partial charge in [-0.2, -0.15) is 0 Å². The van der Waals surface area contributed by atoms with Gasteiger partial charge in [-0.25, -0.2) is 4.79 Å². The van der Waals surface area contributed by atoms with E-state index in [-0.39, 0.29) is 5.92 Å². The second-order valence-corrected chi connectivity index (χ2v) is 2.54. The van der Waals surface area contributed by atoms with Crippen molar-refractivity contribution < 1.29 is 14.3 Å². The largest absolute Gasteiger partial charge is 0.465 e. The number of carboxylic acid groups (broad SMARTS) is 1. The first-order valence-corrected chi connectivity index (χ1v) is 3.28. The van der Waals surface area contributed by atoms with E-state index in [1.165, 1.54) is 4.90 Å². The highest BCUT2D eigenvalue weighted by atomic mass is 19.1.